The van der Waals surface area contributed by atoms with Crippen LogP contribution in [0.5, 0.6) is 0 Å². The molecule has 0 fully saturated rings. The van der Waals surface area contributed by atoms with Crippen molar-refractivity contribution in [1.82, 2.24) is 15.0 Å². The fraction of sp³-hybridized carbons (Fsp3) is 0.182. The van der Waals surface area contributed by atoms with Crippen LogP contribution in [0, 0.1) is 3.57 Å². The first kappa shape index (κ1) is 13.0. The molecule has 0 aliphatic rings. The van der Waals surface area contributed by atoms with Crippen LogP contribution in [0.4, 0.5) is 5.69 Å². The molecule has 94 valence electrons. The number of nitrogens with two attached hydrogens (primary N) is 1. The Hall–Kier alpha value is -1.48. The molecule has 2 aromatic rings. The predicted molar refractivity (Wildman–Crippen MR) is 76.2 cm³/mol. The fourth-order valence-electron chi connectivity index (χ4n) is 1.37. The van der Waals surface area contributed by atoms with Crippen molar-refractivity contribution >= 4 is 34.2 Å². The Kier molecular flexibility index (Phi) is 4.26. The Balaban J connectivity index is 2.04. The molecule has 0 aliphatic heterocycles. The van der Waals surface area contributed by atoms with Gasteiger partial charge in [0.2, 0.25) is 0 Å². The Morgan fingerprint density at radius 1 is 1.39 bits per heavy atom. The minimum atomic E-state index is -0.278. The summed E-state index contributed by atoms with van der Waals surface area (Å²) in [6, 6.07) is 7.51. The lowest BCUT2D eigenvalue weighted by Crippen LogP contribution is -2.12. The molecule has 0 unspecified atom stereocenters. The summed E-state index contributed by atoms with van der Waals surface area (Å²) < 4.78 is 2.66. The van der Waals surface area contributed by atoms with Crippen molar-refractivity contribution in [1.29, 1.82) is 0 Å². The molecule has 0 spiro atoms. The number of anilines is 1. The zero-order valence-electron chi connectivity index (χ0n) is 9.51. The Morgan fingerprint density at radius 2 is 2.11 bits per heavy atom. The summed E-state index contributed by atoms with van der Waals surface area (Å²) in [4.78, 5) is 11.9. The number of hydrogen-bond acceptors (Lipinski definition) is 4. The van der Waals surface area contributed by atoms with Crippen LogP contribution < -0.4 is 11.1 Å². The lowest BCUT2D eigenvalue weighted by atomic mass is 10.3. The minimum Gasteiger partial charge on any atom is -0.329 e. The highest BCUT2D eigenvalue weighted by Gasteiger charge is 2.10. The molecule has 18 heavy (non-hydrogen) atoms. The smallest absolute Gasteiger partial charge is 0.277 e. The average molecular weight is 357 g/mol. The zero-order chi connectivity index (χ0) is 13.0. The lowest BCUT2D eigenvalue weighted by molar-refractivity contribution is 0.102. The molecule has 0 bridgehead atoms. The minimum absolute atomic E-state index is 0.278. The molecule has 1 amide bonds. The van der Waals surface area contributed by atoms with Gasteiger partial charge in [0.05, 0.1) is 12.7 Å². The third kappa shape index (κ3) is 3.26. The number of nitrogens with one attached hydrogen (secondary N) is 1. The van der Waals surface area contributed by atoms with Crippen LogP contribution in [0.3, 0.4) is 0 Å². The van der Waals surface area contributed by atoms with Crippen molar-refractivity contribution in [2.45, 2.75) is 6.54 Å². The number of aromatic nitrogens is 3. The van der Waals surface area contributed by atoms with E-state index in [9.17, 15) is 4.79 Å². The second kappa shape index (κ2) is 5.91. The van der Waals surface area contributed by atoms with E-state index in [4.69, 9.17) is 5.73 Å². The van der Waals surface area contributed by atoms with Crippen LogP contribution in [0.25, 0.3) is 0 Å². The Morgan fingerprint density at radius 3 is 2.78 bits per heavy atom. The summed E-state index contributed by atoms with van der Waals surface area (Å²) in [7, 11) is 0. The summed E-state index contributed by atoms with van der Waals surface area (Å²) in [5.41, 5.74) is 6.40. The summed E-state index contributed by atoms with van der Waals surface area (Å²) in [6.45, 7) is 1.01. The van der Waals surface area contributed by atoms with Gasteiger partial charge in [-0.25, -0.2) is 0 Å². The molecule has 1 heterocycles. The molecular weight excluding hydrogens is 345 g/mol. The van der Waals surface area contributed by atoms with E-state index in [1.807, 2.05) is 24.3 Å². The van der Waals surface area contributed by atoms with Crippen molar-refractivity contribution in [3.8, 4) is 0 Å². The van der Waals surface area contributed by atoms with E-state index in [-0.39, 0.29) is 11.6 Å². The zero-order valence-corrected chi connectivity index (χ0v) is 11.7. The third-order valence-electron chi connectivity index (χ3n) is 2.23. The summed E-state index contributed by atoms with van der Waals surface area (Å²) in [5, 5.41) is 10.4. The first-order valence-electron chi connectivity index (χ1n) is 5.36. The second-order valence-electron chi connectivity index (χ2n) is 3.62. The molecule has 6 nitrogen and oxygen atoms in total. The van der Waals surface area contributed by atoms with Crippen LogP contribution >= 0.6 is 22.6 Å². The van der Waals surface area contributed by atoms with E-state index in [1.54, 1.807) is 10.9 Å². The van der Waals surface area contributed by atoms with Gasteiger partial charge >= 0.3 is 0 Å². The number of nitrogens with zero attached hydrogens (tertiary/aromatic N) is 3. The van der Waals surface area contributed by atoms with Gasteiger partial charge in [0.1, 0.15) is 0 Å². The van der Waals surface area contributed by atoms with E-state index in [2.05, 4.69) is 38.2 Å². The van der Waals surface area contributed by atoms with Crippen LogP contribution in [-0.4, -0.2) is 27.4 Å². The number of amides is 1. The highest BCUT2D eigenvalue weighted by atomic mass is 127. The van der Waals surface area contributed by atoms with Gasteiger partial charge < -0.3 is 11.1 Å². The first-order valence-corrected chi connectivity index (χ1v) is 6.44. The third-order valence-corrected chi connectivity index (χ3v) is 2.95. The van der Waals surface area contributed by atoms with Gasteiger partial charge in [-0.15, -0.1) is 5.10 Å². The standard InChI is InChI=1S/C11H12IN5O/c12-8-1-3-9(4-2-8)14-11(18)10-7-17(6-5-13)16-15-10/h1-4,7H,5-6,13H2,(H,14,18). The van der Waals surface area contributed by atoms with Crippen molar-refractivity contribution in [2.75, 3.05) is 11.9 Å². The van der Waals surface area contributed by atoms with Crippen molar-refractivity contribution < 1.29 is 4.79 Å². The van der Waals surface area contributed by atoms with Crippen molar-refractivity contribution in [3.05, 3.63) is 39.7 Å². The Labute approximate surface area is 118 Å². The molecule has 0 aliphatic carbocycles. The van der Waals surface area contributed by atoms with E-state index < -0.39 is 0 Å². The monoisotopic (exact) mass is 357 g/mol. The maximum absolute atomic E-state index is 11.9. The number of hydrogen-bond donors (Lipinski definition) is 2. The van der Waals surface area contributed by atoms with Crippen molar-refractivity contribution in [3.63, 3.8) is 0 Å². The average Bonchev–Trinajstić information content (AvgIpc) is 2.81. The number of carbonyl (C=O) groups excluding carboxylic acids is 1. The number of halogens is 1. The van der Waals surface area contributed by atoms with E-state index in [1.165, 1.54) is 0 Å². The predicted octanol–water partition coefficient (Wildman–Crippen LogP) is 1.09. The summed E-state index contributed by atoms with van der Waals surface area (Å²) >= 11 is 2.20. The molecule has 0 radical (unpaired) electrons. The topological polar surface area (TPSA) is 85.8 Å². The van der Waals surface area contributed by atoms with Crippen LogP contribution in [0.15, 0.2) is 30.5 Å². The molecule has 2 rings (SSSR count). The van der Waals surface area contributed by atoms with E-state index >= 15 is 0 Å². The van der Waals surface area contributed by atoms with Crippen molar-refractivity contribution in [2.24, 2.45) is 5.73 Å². The maximum atomic E-state index is 11.9. The molecule has 7 heteroatoms. The first-order chi connectivity index (χ1) is 8.69. The molecular formula is C11H12IN5O. The van der Waals surface area contributed by atoms with Crippen LogP contribution in [0.1, 0.15) is 10.5 Å². The van der Waals surface area contributed by atoms with Crippen LogP contribution in [-0.2, 0) is 6.54 Å². The molecule has 3 N–H and O–H groups in total. The van der Waals surface area contributed by atoms with Gasteiger partial charge in [-0.2, -0.15) is 0 Å². The molecule has 0 saturated heterocycles. The fourth-order valence-corrected chi connectivity index (χ4v) is 1.73. The normalized spacial score (nSPS) is 10.3. The molecule has 0 atom stereocenters. The van der Waals surface area contributed by atoms with Gasteiger partial charge in [-0.1, -0.05) is 5.21 Å². The van der Waals surface area contributed by atoms with E-state index in [0.29, 0.717) is 13.1 Å². The lowest BCUT2D eigenvalue weighted by Gasteiger charge is -2.02. The highest BCUT2D eigenvalue weighted by Crippen LogP contribution is 2.11. The molecule has 1 aromatic carbocycles. The largest absolute Gasteiger partial charge is 0.329 e. The van der Waals surface area contributed by atoms with Gasteiger partial charge in [-0.05, 0) is 46.9 Å². The van der Waals surface area contributed by atoms with Gasteiger partial charge in [0, 0.05) is 15.8 Å². The second-order valence-corrected chi connectivity index (χ2v) is 4.86. The number of carbonyl (C=O) groups is 1. The summed E-state index contributed by atoms with van der Waals surface area (Å²) in [6.07, 6.45) is 1.58. The Bertz CT molecular complexity index is 537. The SMILES string of the molecule is NCCn1cc(C(=O)Nc2ccc(I)cc2)nn1. The van der Waals surface area contributed by atoms with Gasteiger partial charge in [0.15, 0.2) is 5.69 Å². The summed E-state index contributed by atoms with van der Waals surface area (Å²) in [5.74, 6) is -0.278. The van der Waals surface area contributed by atoms with Gasteiger partial charge in [0.25, 0.3) is 5.91 Å². The highest BCUT2D eigenvalue weighted by molar-refractivity contribution is 14.1. The van der Waals surface area contributed by atoms with E-state index in [0.717, 1.165) is 9.26 Å². The number of benzene rings is 1. The molecule has 0 saturated carbocycles. The van der Waals surface area contributed by atoms with Gasteiger partial charge in [-0.3, -0.25) is 9.48 Å². The quantitative estimate of drug-likeness (QED) is 0.803. The number of rotatable bonds is 4. The van der Waals surface area contributed by atoms with Crippen LogP contribution in [0.2, 0.25) is 0 Å². The molecule has 1 aromatic heterocycles. The maximum Gasteiger partial charge on any atom is 0.277 e.